The average molecular weight is 569 g/mol. The minimum Gasteiger partial charge on any atom is -0.322 e. The van der Waals surface area contributed by atoms with E-state index in [1.807, 2.05) is 18.2 Å². The molecule has 0 radical (unpaired) electrons. The number of benzene rings is 3. The Bertz CT molecular complexity index is 1020. The van der Waals surface area contributed by atoms with E-state index in [-0.39, 0.29) is 5.91 Å². The summed E-state index contributed by atoms with van der Waals surface area (Å²) in [7, 11) is 0. The minimum atomic E-state index is -0.109. The zero-order valence-corrected chi connectivity index (χ0v) is 18.3. The number of halogens is 3. The van der Waals surface area contributed by atoms with Gasteiger partial charge in [-0.25, -0.2) is 0 Å². The fraction of sp³-hybridized carbons (Fsp3) is 0.0500. The van der Waals surface area contributed by atoms with Crippen LogP contribution in [-0.4, -0.2) is 5.91 Å². The number of hydrogen-bond acceptors (Lipinski definition) is 1. The SMILES string of the molecule is O=C(Nc1ccc2c(c1)Cc1ccccc1-2)c1cc(Br)cc(Br)c1I. The lowest BCUT2D eigenvalue weighted by Gasteiger charge is -2.10. The number of carbonyl (C=O) groups is 1. The van der Waals surface area contributed by atoms with Gasteiger partial charge in [-0.15, -0.1) is 0 Å². The van der Waals surface area contributed by atoms with Crippen molar-refractivity contribution >= 4 is 66.0 Å². The first kappa shape index (κ1) is 17.2. The molecule has 0 fully saturated rings. The van der Waals surface area contributed by atoms with E-state index >= 15 is 0 Å². The molecule has 0 aromatic heterocycles. The quantitative estimate of drug-likeness (QED) is 0.213. The van der Waals surface area contributed by atoms with Gasteiger partial charge < -0.3 is 5.32 Å². The number of amides is 1. The Labute approximate surface area is 176 Å². The monoisotopic (exact) mass is 567 g/mol. The second-order valence-corrected chi connectivity index (χ2v) is 8.76. The summed E-state index contributed by atoms with van der Waals surface area (Å²) < 4.78 is 2.67. The van der Waals surface area contributed by atoms with Gasteiger partial charge in [-0.3, -0.25) is 4.79 Å². The molecular weight excluding hydrogens is 557 g/mol. The van der Waals surface area contributed by atoms with Gasteiger partial charge in [0.2, 0.25) is 0 Å². The van der Waals surface area contributed by atoms with Crippen LogP contribution in [0, 0.1) is 3.57 Å². The zero-order valence-electron chi connectivity index (χ0n) is 12.9. The lowest BCUT2D eigenvalue weighted by Crippen LogP contribution is -2.14. The van der Waals surface area contributed by atoms with Gasteiger partial charge in [0.25, 0.3) is 5.91 Å². The Kier molecular flexibility index (Phi) is 4.73. The fourth-order valence-electron chi connectivity index (χ4n) is 3.14. The highest BCUT2D eigenvalue weighted by Gasteiger charge is 2.19. The number of anilines is 1. The highest BCUT2D eigenvalue weighted by atomic mass is 127. The number of fused-ring (bicyclic) bond motifs is 3. The first-order valence-corrected chi connectivity index (χ1v) is 10.4. The molecule has 4 rings (SSSR count). The van der Waals surface area contributed by atoms with Gasteiger partial charge in [0, 0.05) is 18.2 Å². The Morgan fingerprint density at radius 3 is 2.56 bits per heavy atom. The molecule has 1 aliphatic carbocycles. The van der Waals surface area contributed by atoms with E-state index < -0.39 is 0 Å². The molecule has 0 saturated heterocycles. The van der Waals surface area contributed by atoms with Crippen LogP contribution in [0.2, 0.25) is 0 Å². The maximum atomic E-state index is 12.7. The molecule has 0 saturated carbocycles. The second kappa shape index (κ2) is 6.85. The molecule has 0 spiro atoms. The van der Waals surface area contributed by atoms with Crippen LogP contribution < -0.4 is 5.32 Å². The minimum absolute atomic E-state index is 0.109. The molecule has 0 atom stereocenters. The van der Waals surface area contributed by atoms with E-state index in [1.54, 1.807) is 0 Å². The highest BCUT2D eigenvalue weighted by molar-refractivity contribution is 14.1. The van der Waals surface area contributed by atoms with Crippen LogP contribution in [0.25, 0.3) is 11.1 Å². The summed E-state index contributed by atoms with van der Waals surface area (Å²) in [5.41, 5.74) is 6.61. The summed E-state index contributed by atoms with van der Waals surface area (Å²) in [6.45, 7) is 0. The van der Waals surface area contributed by atoms with E-state index in [9.17, 15) is 4.79 Å². The van der Waals surface area contributed by atoms with Crippen LogP contribution in [0.4, 0.5) is 5.69 Å². The standard InChI is InChI=1S/C20H12Br2INO/c21-13-9-17(19(23)18(22)10-13)20(25)24-14-5-6-16-12(8-14)7-11-3-1-2-4-15(11)16/h1-6,8-10H,7H2,(H,24,25). The van der Waals surface area contributed by atoms with Crippen LogP contribution in [0.5, 0.6) is 0 Å². The van der Waals surface area contributed by atoms with Gasteiger partial charge in [-0.2, -0.15) is 0 Å². The molecule has 2 nitrogen and oxygen atoms in total. The van der Waals surface area contributed by atoms with Crippen molar-refractivity contribution in [3.63, 3.8) is 0 Å². The van der Waals surface area contributed by atoms with Crippen LogP contribution in [0.1, 0.15) is 21.5 Å². The van der Waals surface area contributed by atoms with Gasteiger partial charge in [-0.05, 0) is 91.5 Å². The number of rotatable bonds is 2. The van der Waals surface area contributed by atoms with Crippen molar-refractivity contribution in [1.29, 1.82) is 0 Å². The third kappa shape index (κ3) is 3.29. The third-order valence-electron chi connectivity index (χ3n) is 4.29. The molecule has 0 heterocycles. The Hall–Kier alpha value is -1.18. The molecule has 1 N–H and O–H groups in total. The number of hydrogen-bond donors (Lipinski definition) is 1. The molecule has 3 aromatic rings. The van der Waals surface area contributed by atoms with E-state index in [0.717, 1.165) is 24.6 Å². The Balaban J connectivity index is 1.63. The summed E-state index contributed by atoms with van der Waals surface area (Å²) in [6, 6.07) is 18.4. The largest absolute Gasteiger partial charge is 0.322 e. The molecule has 0 aliphatic heterocycles. The Morgan fingerprint density at radius 1 is 0.960 bits per heavy atom. The highest BCUT2D eigenvalue weighted by Crippen LogP contribution is 2.37. The predicted octanol–water partition coefficient (Wildman–Crippen LogP) is 6.64. The van der Waals surface area contributed by atoms with Crippen LogP contribution in [0.15, 0.2) is 63.5 Å². The molecule has 0 bridgehead atoms. The molecule has 0 unspecified atom stereocenters. The molecule has 3 aromatic carbocycles. The molecule has 124 valence electrons. The predicted molar refractivity (Wildman–Crippen MR) is 117 cm³/mol. The van der Waals surface area contributed by atoms with Crippen LogP contribution in [-0.2, 0) is 6.42 Å². The zero-order chi connectivity index (χ0) is 17.6. The summed E-state index contributed by atoms with van der Waals surface area (Å²) in [5.74, 6) is -0.109. The number of carbonyl (C=O) groups excluding carboxylic acids is 1. The van der Waals surface area contributed by atoms with Gasteiger partial charge >= 0.3 is 0 Å². The lowest BCUT2D eigenvalue weighted by atomic mass is 10.1. The maximum absolute atomic E-state index is 12.7. The molecule has 25 heavy (non-hydrogen) atoms. The summed E-state index contributed by atoms with van der Waals surface area (Å²) >= 11 is 9.12. The molecule has 5 heteroatoms. The van der Waals surface area contributed by atoms with Crippen molar-refractivity contribution in [2.45, 2.75) is 6.42 Å². The van der Waals surface area contributed by atoms with E-state index in [4.69, 9.17) is 0 Å². The van der Waals surface area contributed by atoms with Crippen molar-refractivity contribution in [3.8, 4) is 11.1 Å². The normalized spacial score (nSPS) is 11.8. The topological polar surface area (TPSA) is 29.1 Å². The van der Waals surface area contributed by atoms with Crippen LogP contribution >= 0.6 is 54.5 Å². The second-order valence-electron chi connectivity index (χ2n) is 5.91. The maximum Gasteiger partial charge on any atom is 0.256 e. The third-order valence-corrected chi connectivity index (χ3v) is 7.28. The summed E-state index contributed by atoms with van der Waals surface area (Å²) in [4.78, 5) is 12.7. The number of nitrogens with one attached hydrogen (secondary N) is 1. The van der Waals surface area contributed by atoms with Gasteiger partial charge in [0.15, 0.2) is 0 Å². The van der Waals surface area contributed by atoms with Crippen molar-refractivity contribution < 1.29 is 4.79 Å². The Morgan fingerprint density at radius 2 is 1.72 bits per heavy atom. The van der Waals surface area contributed by atoms with Gasteiger partial charge in [0.1, 0.15) is 0 Å². The summed E-state index contributed by atoms with van der Waals surface area (Å²) in [5, 5.41) is 3.02. The van der Waals surface area contributed by atoms with Gasteiger partial charge in [0.05, 0.1) is 5.56 Å². The van der Waals surface area contributed by atoms with Crippen molar-refractivity contribution in [1.82, 2.24) is 0 Å². The molecule has 1 aliphatic rings. The lowest BCUT2D eigenvalue weighted by molar-refractivity contribution is 0.102. The molecule has 1 amide bonds. The fourth-order valence-corrected chi connectivity index (χ4v) is 4.92. The van der Waals surface area contributed by atoms with Crippen LogP contribution in [0.3, 0.4) is 0 Å². The van der Waals surface area contributed by atoms with E-state index in [1.165, 1.54) is 22.3 Å². The van der Waals surface area contributed by atoms with Crippen molar-refractivity contribution in [2.75, 3.05) is 5.32 Å². The van der Waals surface area contributed by atoms with E-state index in [2.05, 4.69) is 96.2 Å². The first-order chi connectivity index (χ1) is 12.0. The molecular formula is C20H12Br2INO. The van der Waals surface area contributed by atoms with Gasteiger partial charge in [-0.1, -0.05) is 46.3 Å². The van der Waals surface area contributed by atoms with Crippen molar-refractivity contribution in [3.05, 3.63) is 83.8 Å². The summed E-state index contributed by atoms with van der Waals surface area (Å²) in [6.07, 6.45) is 0.912. The van der Waals surface area contributed by atoms with Crippen molar-refractivity contribution in [2.24, 2.45) is 0 Å². The van der Waals surface area contributed by atoms with E-state index in [0.29, 0.717) is 5.56 Å². The first-order valence-electron chi connectivity index (χ1n) is 7.70. The smallest absolute Gasteiger partial charge is 0.256 e. The average Bonchev–Trinajstić information content (AvgIpc) is 2.95.